The van der Waals surface area contributed by atoms with E-state index >= 15 is 0 Å². The summed E-state index contributed by atoms with van der Waals surface area (Å²) in [7, 11) is 0. The Hall–Kier alpha value is -0.490. The topological polar surface area (TPSA) is 0 Å². The van der Waals surface area contributed by atoms with Crippen molar-refractivity contribution in [2.75, 3.05) is 0 Å². The third-order valence-electron chi connectivity index (χ3n) is 2.13. The van der Waals surface area contributed by atoms with Gasteiger partial charge in [0.05, 0.1) is 5.38 Å². The fourth-order valence-electron chi connectivity index (χ4n) is 1.32. The van der Waals surface area contributed by atoms with E-state index in [0.29, 0.717) is 0 Å². The van der Waals surface area contributed by atoms with Gasteiger partial charge in [-0.05, 0) is 31.4 Å². The second kappa shape index (κ2) is 3.95. The van der Waals surface area contributed by atoms with E-state index in [0.717, 1.165) is 6.42 Å². The maximum atomic E-state index is 6.17. The fraction of sp³-hybridized carbons (Fsp3) is 0.455. The Morgan fingerprint density at radius 2 is 2.00 bits per heavy atom. The van der Waals surface area contributed by atoms with Crippen LogP contribution in [0.4, 0.5) is 0 Å². The third kappa shape index (κ3) is 2.01. The summed E-state index contributed by atoms with van der Waals surface area (Å²) in [6.07, 6.45) is 0.992. The van der Waals surface area contributed by atoms with Crippen LogP contribution in [0.5, 0.6) is 0 Å². The lowest BCUT2D eigenvalue weighted by molar-refractivity contribution is 0.874. The first-order valence-electron chi connectivity index (χ1n) is 4.36. The molecule has 1 atom stereocenters. The molecule has 0 amide bonds. The molecular formula is C11H15Cl. The van der Waals surface area contributed by atoms with Gasteiger partial charge in [0.25, 0.3) is 0 Å². The van der Waals surface area contributed by atoms with Crippen LogP contribution in [0.25, 0.3) is 0 Å². The number of alkyl halides is 1. The number of halogens is 1. The van der Waals surface area contributed by atoms with Gasteiger partial charge >= 0.3 is 0 Å². The van der Waals surface area contributed by atoms with Gasteiger partial charge in [-0.15, -0.1) is 11.6 Å². The van der Waals surface area contributed by atoms with E-state index in [9.17, 15) is 0 Å². The maximum absolute atomic E-state index is 6.17. The van der Waals surface area contributed by atoms with Crippen LogP contribution in [0, 0.1) is 13.8 Å². The number of hydrogen-bond donors (Lipinski definition) is 0. The highest BCUT2D eigenvalue weighted by Crippen LogP contribution is 2.27. The number of aryl methyl sites for hydroxylation is 2. The van der Waals surface area contributed by atoms with Crippen LogP contribution in [0.1, 0.15) is 35.4 Å². The molecule has 1 aromatic carbocycles. The average Bonchev–Trinajstić information content (AvgIpc) is 2.08. The Kier molecular flexibility index (Phi) is 3.16. The molecule has 1 rings (SSSR count). The Labute approximate surface area is 79.6 Å². The molecule has 1 aromatic rings. The smallest absolute Gasteiger partial charge is 0.0585 e. The van der Waals surface area contributed by atoms with Crippen molar-refractivity contribution in [3.8, 4) is 0 Å². The van der Waals surface area contributed by atoms with Crippen molar-refractivity contribution in [2.45, 2.75) is 32.6 Å². The molecule has 0 radical (unpaired) electrons. The minimum Gasteiger partial charge on any atom is -0.118 e. The second-order valence-electron chi connectivity index (χ2n) is 3.24. The quantitative estimate of drug-likeness (QED) is 0.607. The SMILES string of the molecule is CCC(Cl)c1cc(C)ccc1C. The summed E-state index contributed by atoms with van der Waals surface area (Å²) in [5.41, 5.74) is 3.86. The first-order valence-corrected chi connectivity index (χ1v) is 4.80. The number of hydrogen-bond acceptors (Lipinski definition) is 0. The molecule has 0 fully saturated rings. The predicted octanol–water partition coefficient (Wildman–Crippen LogP) is 3.99. The Morgan fingerprint density at radius 1 is 1.33 bits per heavy atom. The Morgan fingerprint density at radius 3 is 2.58 bits per heavy atom. The average molecular weight is 183 g/mol. The van der Waals surface area contributed by atoms with E-state index < -0.39 is 0 Å². The summed E-state index contributed by atoms with van der Waals surface area (Å²) in [5.74, 6) is 0. The van der Waals surface area contributed by atoms with E-state index in [4.69, 9.17) is 11.6 Å². The Balaban J connectivity index is 3.04. The summed E-state index contributed by atoms with van der Waals surface area (Å²) < 4.78 is 0. The first-order chi connectivity index (χ1) is 5.65. The molecule has 0 N–H and O–H groups in total. The monoisotopic (exact) mass is 182 g/mol. The zero-order valence-corrected chi connectivity index (χ0v) is 8.65. The van der Waals surface area contributed by atoms with Gasteiger partial charge in [-0.2, -0.15) is 0 Å². The van der Waals surface area contributed by atoms with E-state index in [1.165, 1.54) is 16.7 Å². The van der Waals surface area contributed by atoms with Crippen molar-refractivity contribution in [3.63, 3.8) is 0 Å². The molecular weight excluding hydrogens is 168 g/mol. The molecule has 0 saturated carbocycles. The lowest BCUT2D eigenvalue weighted by Crippen LogP contribution is -1.92. The molecule has 0 aliphatic heterocycles. The van der Waals surface area contributed by atoms with E-state index in [1.54, 1.807) is 0 Å². The van der Waals surface area contributed by atoms with Crippen molar-refractivity contribution in [2.24, 2.45) is 0 Å². The highest BCUT2D eigenvalue weighted by Gasteiger charge is 2.07. The summed E-state index contributed by atoms with van der Waals surface area (Å²) in [4.78, 5) is 0. The predicted molar refractivity (Wildman–Crippen MR) is 54.8 cm³/mol. The first kappa shape index (κ1) is 9.60. The van der Waals surface area contributed by atoms with Gasteiger partial charge < -0.3 is 0 Å². The third-order valence-corrected chi connectivity index (χ3v) is 2.67. The maximum Gasteiger partial charge on any atom is 0.0585 e. The van der Waals surface area contributed by atoms with E-state index in [-0.39, 0.29) is 5.38 Å². The second-order valence-corrected chi connectivity index (χ2v) is 3.76. The van der Waals surface area contributed by atoms with Crippen LogP contribution in [0.3, 0.4) is 0 Å². The van der Waals surface area contributed by atoms with Crippen LogP contribution in [-0.4, -0.2) is 0 Å². The molecule has 1 heteroatoms. The van der Waals surface area contributed by atoms with Crippen LogP contribution >= 0.6 is 11.6 Å². The Bertz CT molecular complexity index is 266. The van der Waals surface area contributed by atoms with Crippen LogP contribution < -0.4 is 0 Å². The van der Waals surface area contributed by atoms with Crippen molar-refractivity contribution < 1.29 is 0 Å². The number of benzene rings is 1. The van der Waals surface area contributed by atoms with E-state index in [1.807, 2.05) is 0 Å². The molecule has 0 aromatic heterocycles. The minimum atomic E-state index is 0.171. The summed E-state index contributed by atoms with van der Waals surface area (Å²) in [5, 5.41) is 0.171. The van der Waals surface area contributed by atoms with Gasteiger partial charge in [0, 0.05) is 0 Å². The molecule has 0 nitrogen and oxygen atoms in total. The summed E-state index contributed by atoms with van der Waals surface area (Å²) in [6, 6.07) is 6.43. The molecule has 1 unspecified atom stereocenters. The molecule has 0 aliphatic rings. The normalized spacial score (nSPS) is 13.0. The number of rotatable bonds is 2. The lowest BCUT2D eigenvalue weighted by atomic mass is 10.0. The highest BCUT2D eigenvalue weighted by atomic mass is 35.5. The molecule has 0 bridgehead atoms. The zero-order valence-electron chi connectivity index (χ0n) is 7.89. The van der Waals surface area contributed by atoms with Crippen LogP contribution in [0.15, 0.2) is 18.2 Å². The zero-order chi connectivity index (χ0) is 9.14. The molecule has 0 heterocycles. The van der Waals surface area contributed by atoms with Crippen LogP contribution in [-0.2, 0) is 0 Å². The van der Waals surface area contributed by atoms with E-state index in [2.05, 4.69) is 39.0 Å². The largest absolute Gasteiger partial charge is 0.118 e. The van der Waals surface area contributed by atoms with Gasteiger partial charge in [-0.25, -0.2) is 0 Å². The highest BCUT2D eigenvalue weighted by molar-refractivity contribution is 6.20. The minimum absolute atomic E-state index is 0.171. The molecule has 0 saturated heterocycles. The van der Waals surface area contributed by atoms with Gasteiger partial charge in [-0.1, -0.05) is 30.7 Å². The summed E-state index contributed by atoms with van der Waals surface area (Å²) in [6.45, 7) is 6.32. The molecule has 0 aliphatic carbocycles. The molecule has 0 spiro atoms. The molecule has 12 heavy (non-hydrogen) atoms. The van der Waals surface area contributed by atoms with Crippen molar-refractivity contribution in [3.05, 3.63) is 34.9 Å². The van der Waals surface area contributed by atoms with Crippen LogP contribution in [0.2, 0.25) is 0 Å². The van der Waals surface area contributed by atoms with Gasteiger partial charge in [0.15, 0.2) is 0 Å². The van der Waals surface area contributed by atoms with Crippen molar-refractivity contribution in [1.82, 2.24) is 0 Å². The van der Waals surface area contributed by atoms with Gasteiger partial charge in [-0.3, -0.25) is 0 Å². The van der Waals surface area contributed by atoms with Gasteiger partial charge in [0.2, 0.25) is 0 Å². The summed E-state index contributed by atoms with van der Waals surface area (Å²) >= 11 is 6.17. The lowest BCUT2D eigenvalue weighted by Gasteiger charge is -2.10. The molecule has 66 valence electrons. The fourth-order valence-corrected chi connectivity index (χ4v) is 1.55. The van der Waals surface area contributed by atoms with Gasteiger partial charge in [0.1, 0.15) is 0 Å². The van der Waals surface area contributed by atoms with Crippen molar-refractivity contribution >= 4 is 11.6 Å². The van der Waals surface area contributed by atoms with Crippen molar-refractivity contribution in [1.29, 1.82) is 0 Å². The standard InChI is InChI=1S/C11H15Cl/c1-4-11(12)10-7-8(2)5-6-9(10)3/h5-7,11H,4H2,1-3H3.